The Labute approximate surface area is 203 Å². The van der Waals surface area contributed by atoms with E-state index in [-0.39, 0.29) is 11.6 Å². The van der Waals surface area contributed by atoms with Crippen LogP contribution in [-0.4, -0.2) is 46.4 Å². The summed E-state index contributed by atoms with van der Waals surface area (Å²) in [5.74, 6) is -1.32. The summed E-state index contributed by atoms with van der Waals surface area (Å²) >= 11 is 0. The number of aromatic carboxylic acids is 1. The predicted molar refractivity (Wildman–Crippen MR) is 136 cm³/mol. The average molecular weight is 473 g/mol. The van der Waals surface area contributed by atoms with Gasteiger partial charge in [-0.05, 0) is 36.8 Å². The van der Waals surface area contributed by atoms with Crippen molar-refractivity contribution in [2.24, 2.45) is 5.92 Å². The summed E-state index contributed by atoms with van der Waals surface area (Å²) in [6.07, 6.45) is 1.66. The van der Waals surface area contributed by atoms with Crippen molar-refractivity contribution in [1.82, 2.24) is 4.57 Å². The average Bonchev–Trinajstić information content (AvgIpc) is 3.21. The molecule has 4 aromatic rings. The molecule has 0 radical (unpaired) electrons. The van der Waals surface area contributed by atoms with Gasteiger partial charge in [0.2, 0.25) is 0 Å². The van der Waals surface area contributed by atoms with Crippen LogP contribution in [0.3, 0.4) is 0 Å². The number of hydrogen-bond donors (Lipinski definition) is 2. The van der Waals surface area contributed by atoms with Crippen molar-refractivity contribution in [1.29, 1.82) is 0 Å². The van der Waals surface area contributed by atoms with Gasteiger partial charge in [0.15, 0.2) is 5.69 Å². The Bertz CT molecular complexity index is 1380. The van der Waals surface area contributed by atoms with Gasteiger partial charge in [-0.25, -0.2) is 4.79 Å². The highest BCUT2D eigenvalue weighted by atomic mass is 16.5. The number of aryl methyl sites for hydroxylation is 1. The zero-order valence-electron chi connectivity index (χ0n) is 19.4. The van der Waals surface area contributed by atoms with E-state index in [0.717, 1.165) is 27.4 Å². The van der Waals surface area contributed by atoms with Crippen molar-refractivity contribution in [2.75, 3.05) is 24.6 Å². The topological polar surface area (TPSA) is 92.0 Å². The van der Waals surface area contributed by atoms with Crippen molar-refractivity contribution in [3.8, 4) is 5.75 Å². The number of fused-ring (bicyclic) bond motifs is 2. The van der Waals surface area contributed by atoms with Crippen LogP contribution in [0.25, 0.3) is 21.7 Å². The normalized spacial score (nSPS) is 14.5. The molecule has 7 heteroatoms. The number of hydrogen-bond acceptors (Lipinski definition) is 4. The molecule has 2 N–H and O–H groups in total. The van der Waals surface area contributed by atoms with E-state index < -0.39 is 11.9 Å². The van der Waals surface area contributed by atoms with Gasteiger partial charge in [0.05, 0.1) is 23.7 Å². The second kappa shape index (κ2) is 9.70. The van der Waals surface area contributed by atoms with Gasteiger partial charge in [-0.2, -0.15) is 0 Å². The lowest BCUT2D eigenvalue weighted by Crippen LogP contribution is -2.37. The number of aromatic nitrogens is 1. The molecule has 0 aliphatic carbocycles. The highest BCUT2D eigenvalue weighted by Gasteiger charge is 2.30. The largest absolute Gasteiger partial charge is 0.493 e. The molecule has 1 aliphatic heterocycles. The molecule has 35 heavy (non-hydrogen) atoms. The Hall–Kier alpha value is -4.00. The third kappa shape index (κ3) is 4.41. The Balaban J connectivity index is 1.38. The molecule has 7 nitrogen and oxygen atoms in total. The van der Waals surface area contributed by atoms with Crippen molar-refractivity contribution >= 4 is 39.3 Å². The van der Waals surface area contributed by atoms with Gasteiger partial charge >= 0.3 is 11.9 Å². The van der Waals surface area contributed by atoms with Crippen molar-refractivity contribution < 1.29 is 24.5 Å². The van der Waals surface area contributed by atoms with E-state index in [1.165, 1.54) is 0 Å². The molecule has 3 aromatic carbocycles. The summed E-state index contributed by atoms with van der Waals surface area (Å²) in [5, 5.41) is 22.6. The SMILES string of the molecule is O=C(O)c1c(N2CCC(C(=O)O)CC2)c2ccccc2n1CCCOc1cccc2ccccc12. The Morgan fingerprint density at radius 1 is 0.886 bits per heavy atom. The van der Waals surface area contributed by atoms with Crippen LogP contribution >= 0.6 is 0 Å². The van der Waals surface area contributed by atoms with E-state index in [4.69, 9.17) is 4.74 Å². The minimum Gasteiger partial charge on any atom is -0.493 e. The fraction of sp³-hybridized carbons (Fsp3) is 0.286. The maximum absolute atomic E-state index is 12.5. The smallest absolute Gasteiger partial charge is 0.354 e. The second-order valence-corrected chi connectivity index (χ2v) is 8.95. The van der Waals surface area contributed by atoms with E-state index in [1.807, 2.05) is 76.2 Å². The Morgan fingerprint density at radius 2 is 1.57 bits per heavy atom. The number of benzene rings is 3. The molecule has 0 amide bonds. The molecular formula is C28H28N2O5. The summed E-state index contributed by atoms with van der Waals surface area (Å²) in [5.41, 5.74) is 1.81. The van der Waals surface area contributed by atoms with E-state index in [1.54, 1.807) is 0 Å². The summed E-state index contributed by atoms with van der Waals surface area (Å²) < 4.78 is 7.95. The Morgan fingerprint density at radius 3 is 2.31 bits per heavy atom. The molecule has 0 unspecified atom stereocenters. The van der Waals surface area contributed by atoms with Gasteiger partial charge in [-0.1, -0.05) is 54.6 Å². The van der Waals surface area contributed by atoms with E-state index in [9.17, 15) is 19.8 Å². The first-order valence-corrected chi connectivity index (χ1v) is 12.0. The summed E-state index contributed by atoms with van der Waals surface area (Å²) in [6.45, 7) is 2.00. The molecule has 0 bridgehead atoms. The molecule has 5 rings (SSSR count). The van der Waals surface area contributed by atoms with E-state index >= 15 is 0 Å². The maximum atomic E-state index is 12.5. The molecule has 0 saturated carbocycles. The number of carboxylic acid groups (broad SMARTS) is 2. The first-order valence-electron chi connectivity index (χ1n) is 12.0. The lowest BCUT2D eigenvalue weighted by Gasteiger charge is -2.32. The highest BCUT2D eigenvalue weighted by molar-refractivity contribution is 6.06. The van der Waals surface area contributed by atoms with Crippen LogP contribution < -0.4 is 9.64 Å². The molecule has 0 spiro atoms. The number of aliphatic carboxylic acids is 1. The van der Waals surface area contributed by atoms with Crippen molar-refractivity contribution in [3.63, 3.8) is 0 Å². The molecule has 0 atom stereocenters. The standard InChI is InChI=1S/C28H28N2O5/c31-27(32)20-13-16-29(17-14-20)25-22-10-3-4-11-23(22)30(26(25)28(33)34)15-6-18-35-24-12-5-8-19-7-1-2-9-21(19)24/h1-5,7-12,20H,6,13-18H2,(H,31,32)(H,33,34). The van der Waals surface area contributed by atoms with Crippen LogP contribution in [0.5, 0.6) is 5.75 Å². The number of carbonyl (C=O) groups is 2. The third-order valence-corrected chi connectivity index (χ3v) is 6.84. The molecule has 1 aromatic heterocycles. The number of nitrogens with zero attached hydrogens (tertiary/aromatic N) is 2. The fourth-order valence-corrected chi connectivity index (χ4v) is 5.13. The molecule has 1 saturated heterocycles. The second-order valence-electron chi connectivity index (χ2n) is 8.95. The van der Waals surface area contributed by atoms with Crippen LogP contribution in [0.4, 0.5) is 5.69 Å². The first kappa shape index (κ1) is 22.8. The van der Waals surface area contributed by atoms with Gasteiger partial charge in [0, 0.05) is 30.4 Å². The quantitative estimate of drug-likeness (QED) is 0.340. The van der Waals surface area contributed by atoms with Crippen LogP contribution in [0.15, 0.2) is 66.7 Å². The fourth-order valence-electron chi connectivity index (χ4n) is 5.13. The Kier molecular flexibility index (Phi) is 6.31. The number of rotatable bonds is 8. The number of carboxylic acids is 2. The molecular weight excluding hydrogens is 444 g/mol. The van der Waals surface area contributed by atoms with Gasteiger partial charge < -0.3 is 24.4 Å². The van der Waals surface area contributed by atoms with Crippen molar-refractivity contribution in [2.45, 2.75) is 25.8 Å². The van der Waals surface area contributed by atoms with Crippen molar-refractivity contribution in [3.05, 3.63) is 72.4 Å². The zero-order chi connectivity index (χ0) is 24.4. The van der Waals surface area contributed by atoms with Crippen LogP contribution in [0.2, 0.25) is 0 Å². The highest BCUT2D eigenvalue weighted by Crippen LogP contribution is 2.37. The third-order valence-electron chi connectivity index (χ3n) is 6.84. The van der Waals surface area contributed by atoms with E-state index in [2.05, 4.69) is 0 Å². The molecule has 2 heterocycles. The number of ether oxygens (including phenoxy) is 1. The number of piperidine rings is 1. The van der Waals surface area contributed by atoms with Gasteiger partial charge in [-0.3, -0.25) is 4.79 Å². The monoisotopic (exact) mass is 472 g/mol. The minimum atomic E-state index is -0.980. The predicted octanol–water partition coefficient (Wildman–Crippen LogP) is 5.26. The van der Waals surface area contributed by atoms with Crippen LogP contribution in [0, 0.1) is 5.92 Å². The number of anilines is 1. The molecule has 1 fully saturated rings. The van der Waals surface area contributed by atoms with E-state index in [0.29, 0.717) is 51.2 Å². The lowest BCUT2D eigenvalue weighted by molar-refractivity contribution is -0.142. The maximum Gasteiger partial charge on any atom is 0.354 e. The summed E-state index contributed by atoms with van der Waals surface area (Å²) in [4.78, 5) is 25.9. The van der Waals surface area contributed by atoms with Crippen LogP contribution in [-0.2, 0) is 11.3 Å². The summed E-state index contributed by atoms with van der Waals surface area (Å²) in [6, 6.07) is 21.8. The van der Waals surface area contributed by atoms with Gasteiger partial charge in [0.1, 0.15) is 5.75 Å². The lowest BCUT2D eigenvalue weighted by atomic mass is 9.96. The molecule has 180 valence electrons. The first-order chi connectivity index (χ1) is 17.0. The van der Waals surface area contributed by atoms with Crippen LogP contribution in [0.1, 0.15) is 29.8 Å². The van der Waals surface area contributed by atoms with Gasteiger partial charge in [0.25, 0.3) is 0 Å². The zero-order valence-corrected chi connectivity index (χ0v) is 19.4. The summed E-state index contributed by atoms with van der Waals surface area (Å²) in [7, 11) is 0. The number of para-hydroxylation sites is 1. The van der Waals surface area contributed by atoms with Gasteiger partial charge in [-0.15, -0.1) is 0 Å². The molecule has 1 aliphatic rings. The minimum absolute atomic E-state index is 0.255.